The van der Waals surface area contributed by atoms with Gasteiger partial charge in [0.2, 0.25) is 0 Å². The zero-order chi connectivity index (χ0) is 25.6. The zero-order valence-electron chi connectivity index (χ0n) is 20.4. The van der Waals surface area contributed by atoms with Crippen molar-refractivity contribution in [3.8, 4) is 0 Å². The van der Waals surface area contributed by atoms with Crippen molar-refractivity contribution in [1.82, 2.24) is 4.98 Å². The van der Waals surface area contributed by atoms with Gasteiger partial charge in [0.05, 0.1) is 12.7 Å². The number of hydrogen-bond donors (Lipinski definition) is 6. The van der Waals surface area contributed by atoms with E-state index in [1.54, 1.807) is 12.1 Å². The Kier molecular flexibility index (Phi) is 7.39. The molecule has 0 unspecified atom stereocenters. The summed E-state index contributed by atoms with van der Waals surface area (Å²) < 4.78 is 0. The van der Waals surface area contributed by atoms with Crippen LogP contribution in [0.2, 0.25) is 0 Å². The molecule has 190 valence electrons. The second kappa shape index (κ2) is 11.2. The summed E-state index contributed by atoms with van der Waals surface area (Å²) in [7, 11) is 0. The largest absolute Gasteiger partial charge is 0.393 e. The van der Waals surface area contributed by atoms with Gasteiger partial charge < -0.3 is 36.0 Å². The number of piperidine rings is 1. The first-order valence-corrected chi connectivity index (χ1v) is 12.4. The topological polar surface area (TPSA) is 113 Å². The molecule has 0 bridgehead atoms. The number of aliphatic hydroxyl groups is 2. The molecule has 8 nitrogen and oxygen atoms in total. The molecule has 0 radical (unpaired) electrons. The van der Waals surface area contributed by atoms with Crippen molar-refractivity contribution in [3.63, 3.8) is 0 Å². The molecule has 2 heterocycles. The first-order valence-electron chi connectivity index (χ1n) is 12.4. The Morgan fingerprint density at radius 1 is 0.757 bits per heavy atom. The van der Waals surface area contributed by atoms with Gasteiger partial charge in [0.25, 0.3) is 5.91 Å². The molecule has 0 saturated carbocycles. The van der Waals surface area contributed by atoms with E-state index in [9.17, 15) is 9.90 Å². The van der Waals surface area contributed by atoms with Crippen LogP contribution in [0.15, 0.2) is 84.9 Å². The molecule has 1 aromatic heterocycles. The van der Waals surface area contributed by atoms with Crippen LogP contribution in [0.25, 0.3) is 0 Å². The molecule has 0 atom stereocenters. The number of aromatic nitrogens is 1. The first kappa shape index (κ1) is 24.4. The molecule has 4 aromatic rings. The number of nitrogens with zero attached hydrogens (tertiary/aromatic N) is 1. The lowest BCUT2D eigenvalue weighted by Crippen LogP contribution is -2.35. The van der Waals surface area contributed by atoms with E-state index in [-0.39, 0.29) is 18.6 Å². The maximum absolute atomic E-state index is 12.3. The molecule has 37 heavy (non-hydrogen) atoms. The van der Waals surface area contributed by atoms with Crippen molar-refractivity contribution in [3.05, 3.63) is 96.3 Å². The fourth-order valence-corrected chi connectivity index (χ4v) is 4.35. The van der Waals surface area contributed by atoms with Crippen LogP contribution in [-0.4, -0.2) is 40.3 Å². The predicted octanol–water partition coefficient (Wildman–Crippen LogP) is 5.21. The first-order chi connectivity index (χ1) is 18.1. The van der Waals surface area contributed by atoms with Crippen LogP contribution in [0.3, 0.4) is 0 Å². The number of benzene rings is 3. The van der Waals surface area contributed by atoms with E-state index < -0.39 is 0 Å². The third-order valence-corrected chi connectivity index (χ3v) is 6.46. The van der Waals surface area contributed by atoms with Crippen LogP contribution in [0.4, 0.5) is 34.1 Å². The Balaban J connectivity index is 1.13. The Morgan fingerprint density at radius 2 is 1.24 bits per heavy atom. The van der Waals surface area contributed by atoms with Crippen LogP contribution < -0.4 is 20.9 Å². The van der Waals surface area contributed by atoms with E-state index in [0.717, 1.165) is 48.7 Å². The minimum atomic E-state index is -0.260. The van der Waals surface area contributed by atoms with Gasteiger partial charge >= 0.3 is 0 Å². The van der Waals surface area contributed by atoms with Gasteiger partial charge in [0, 0.05) is 52.9 Å². The highest BCUT2D eigenvalue weighted by Crippen LogP contribution is 2.26. The van der Waals surface area contributed by atoms with Gasteiger partial charge in [-0.05, 0) is 97.8 Å². The maximum Gasteiger partial charge on any atom is 0.272 e. The van der Waals surface area contributed by atoms with E-state index in [4.69, 9.17) is 5.11 Å². The van der Waals surface area contributed by atoms with Crippen molar-refractivity contribution in [1.29, 1.82) is 0 Å². The van der Waals surface area contributed by atoms with Crippen LogP contribution in [0.1, 0.15) is 29.0 Å². The van der Waals surface area contributed by atoms with Gasteiger partial charge in [0.1, 0.15) is 5.69 Å². The number of hydrogen-bond acceptors (Lipinski definition) is 6. The lowest BCUT2D eigenvalue weighted by atomic mass is 10.1. The summed E-state index contributed by atoms with van der Waals surface area (Å²) in [5, 5.41) is 28.5. The number of anilines is 6. The Morgan fingerprint density at radius 3 is 1.73 bits per heavy atom. The van der Waals surface area contributed by atoms with Crippen LogP contribution in [0.5, 0.6) is 0 Å². The minimum Gasteiger partial charge on any atom is -0.393 e. The second-order valence-electron chi connectivity index (χ2n) is 9.18. The summed E-state index contributed by atoms with van der Waals surface area (Å²) in [5.74, 6) is -0.260. The fourth-order valence-electron chi connectivity index (χ4n) is 4.35. The fraction of sp³-hybridized carbons (Fsp3) is 0.207. The number of rotatable bonds is 8. The summed E-state index contributed by atoms with van der Waals surface area (Å²) >= 11 is 0. The van der Waals surface area contributed by atoms with Crippen molar-refractivity contribution in [2.24, 2.45) is 0 Å². The maximum atomic E-state index is 12.3. The number of H-pyrrole nitrogens is 1. The van der Waals surface area contributed by atoms with E-state index in [1.807, 2.05) is 48.5 Å². The molecule has 1 aliphatic heterocycles. The molecule has 1 aliphatic rings. The van der Waals surface area contributed by atoms with E-state index in [2.05, 4.69) is 50.1 Å². The standard InChI is InChI=1S/C29H31N5O3/c35-19-25-11-14-28(32-25)29(37)33-24-7-5-22(6-8-24)30-20-1-3-21(4-2-20)31-23-9-12-26(13-10-23)34-17-15-27(36)16-18-34/h1-14,27,30-32,35-36H,15-19H2,(H,33,37). The summed E-state index contributed by atoms with van der Waals surface area (Å²) in [6.07, 6.45) is 1.48. The third kappa shape index (κ3) is 6.30. The normalized spacial score (nSPS) is 13.8. The molecule has 0 aliphatic carbocycles. The second-order valence-corrected chi connectivity index (χ2v) is 9.18. The number of carbonyl (C=O) groups is 1. The number of aliphatic hydroxyl groups excluding tert-OH is 2. The Bertz CT molecular complexity index is 1310. The van der Waals surface area contributed by atoms with Crippen molar-refractivity contribution < 1.29 is 15.0 Å². The Hall–Kier alpha value is -4.27. The van der Waals surface area contributed by atoms with Crippen molar-refractivity contribution in [2.45, 2.75) is 25.6 Å². The van der Waals surface area contributed by atoms with Gasteiger partial charge in [-0.15, -0.1) is 0 Å². The van der Waals surface area contributed by atoms with Crippen LogP contribution >= 0.6 is 0 Å². The summed E-state index contributed by atoms with van der Waals surface area (Å²) in [5.41, 5.74) is 6.73. The molecule has 6 N–H and O–H groups in total. The van der Waals surface area contributed by atoms with E-state index in [1.165, 1.54) is 5.69 Å². The van der Waals surface area contributed by atoms with Crippen molar-refractivity contribution >= 4 is 40.0 Å². The summed E-state index contributed by atoms with van der Waals surface area (Å²) in [4.78, 5) is 17.5. The van der Waals surface area contributed by atoms with Crippen LogP contribution in [-0.2, 0) is 6.61 Å². The minimum absolute atomic E-state index is 0.135. The smallest absolute Gasteiger partial charge is 0.272 e. The highest BCUT2D eigenvalue weighted by molar-refractivity contribution is 6.03. The average Bonchev–Trinajstić information content (AvgIpc) is 3.42. The lowest BCUT2D eigenvalue weighted by Gasteiger charge is -2.31. The molecule has 3 aromatic carbocycles. The SMILES string of the molecule is O=C(Nc1ccc(Nc2ccc(Nc3ccc(N4CCC(O)CC4)cc3)cc2)cc1)c1ccc(CO)[nH]1. The van der Waals surface area contributed by atoms with E-state index in [0.29, 0.717) is 17.1 Å². The van der Waals surface area contributed by atoms with Crippen LogP contribution in [0, 0.1) is 0 Å². The summed E-state index contributed by atoms with van der Waals surface area (Å²) in [6.45, 7) is 1.64. The van der Waals surface area contributed by atoms with Gasteiger partial charge in [-0.2, -0.15) is 0 Å². The molecule has 1 saturated heterocycles. The highest BCUT2D eigenvalue weighted by atomic mass is 16.3. The monoisotopic (exact) mass is 497 g/mol. The molecule has 0 spiro atoms. The van der Waals surface area contributed by atoms with E-state index >= 15 is 0 Å². The zero-order valence-corrected chi connectivity index (χ0v) is 20.4. The van der Waals surface area contributed by atoms with Gasteiger partial charge in [0.15, 0.2) is 0 Å². The van der Waals surface area contributed by atoms with Gasteiger partial charge in [-0.3, -0.25) is 4.79 Å². The molecular weight excluding hydrogens is 466 g/mol. The summed E-state index contributed by atoms with van der Waals surface area (Å²) in [6, 6.07) is 27.3. The highest BCUT2D eigenvalue weighted by Gasteiger charge is 2.17. The average molecular weight is 498 g/mol. The molecule has 8 heteroatoms. The lowest BCUT2D eigenvalue weighted by molar-refractivity contribution is 0.102. The number of aromatic amines is 1. The van der Waals surface area contributed by atoms with Crippen molar-refractivity contribution in [2.75, 3.05) is 33.9 Å². The Labute approximate surface area is 216 Å². The molecule has 1 amide bonds. The molecular formula is C29H31N5O3. The van der Waals surface area contributed by atoms with Gasteiger partial charge in [-0.25, -0.2) is 0 Å². The number of nitrogens with one attached hydrogen (secondary N) is 4. The quantitative estimate of drug-likeness (QED) is 0.199. The van der Waals surface area contributed by atoms with Gasteiger partial charge in [-0.1, -0.05) is 0 Å². The molecule has 1 fully saturated rings. The predicted molar refractivity (Wildman–Crippen MR) is 148 cm³/mol. The number of amides is 1. The number of carbonyl (C=O) groups excluding carboxylic acids is 1. The third-order valence-electron chi connectivity index (χ3n) is 6.46. The molecule has 5 rings (SSSR count).